The second-order valence-electron chi connectivity index (χ2n) is 20.7. The van der Waals surface area contributed by atoms with Gasteiger partial charge in [-0.15, -0.1) is 0 Å². The van der Waals surface area contributed by atoms with Gasteiger partial charge in [-0.2, -0.15) is 4.98 Å². The molecular weight excluding hydrogens is 1210 g/mol. The van der Waals surface area contributed by atoms with Gasteiger partial charge in [0.25, 0.3) is 11.5 Å². The van der Waals surface area contributed by atoms with Gasteiger partial charge in [0.1, 0.15) is 30.8 Å². The summed E-state index contributed by atoms with van der Waals surface area (Å²) in [5.41, 5.74) is 21.5. The highest BCUT2D eigenvalue weighted by Crippen LogP contribution is 2.55. The number of carbonyl (C=O) groups is 11. The molecule has 3 aromatic rings. The minimum absolute atomic E-state index is 0.00663. The fourth-order valence-corrected chi connectivity index (χ4v) is 12.2. The van der Waals surface area contributed by atoms with Crippen LogP contribution in [0.5, 0.6) is 0 Å². The van der Waals surface area contributed by atoms with E-state index in [0.717, 1.165) is 27.7 Å². The maximum absolute atomic E-state index is 13.9. The van der Waals surface area contributed by atoms with E-state index in [9.17, 15) is 72.9 Å². The number of allylic oxidation sites excluding steroid dienone is 2. The number of aromatic amines is 1. The molecule has 37 heteroatoms. The Morgan fingerprint density at radius 3 is 2.17 bits per heavy atom. The molecule has 2 fully saturated rings. The fourth-order valence-electron chi connectivity index (χ4n) is 10.2. The Kier molecular flexibility index (Phi) is 22.4. The number of nitrogens with one attached hydrogen (secondary N) is 9. The molecule has 2 saturated heterocycles. The number of benzene rings is 1. The van der Waals surface area contributed by atoms with Crippen LogP contribution in [-0.2, 0) is 59.2 Å². The van der Waals surface area contributed by atoms with Crippen molar-refractivity contribution >= 4 is 115 Å². The lowest BCUT2D eigenvalue weighted by Crippen LogP contribution is -2.58. The van der Waals surface area contributed by atoms with Gasteiger partial charge >= 0.3 is 24.0 Å². The monoisotopic (exact) mass is 1280 g/mol. The number of carbonyl (C=O) groups excluding carboxylic acids is 8. The number of aliphatic imine (C=N–C) groups is 1. The van der Waals surface area contributed by atoms with Crippen molar-refractivity contribution in [3.05, 3.63) is 75.1 Å². The second-order valence-corrected chi connectivity index (χ2v) is 23.3. The molecule has 1 aromatic carbocycles. The van der Waals surface area contributed by atoms with Gasteiger partial charge in [0.05, 0.1) is 54.6 Å². The molecule has 9 atom stereocenters. The Hall–Kier alpha value is -9.62. The molecular formula is C52H66N18O17S2. The summed E-state index contributed by atoms with van der Waals surface area (Å²) in [5, 5.41) is 50.6. The number of anilines is 2. The molecule has 5 heterocycles. The molecule has 89 heavy (non-hydrogen) atoms. The van der Waals surface area contributed by atoms with E-state index in [4.69, 9.17) is 32.4 Å². The van der Waals surface area contributed by atoms with Gasteiger partial charge in [0.2, 0.25) is 41.1 Å². The smallest absolute Gasteiger partial charge is 0.404 e. The first-order valence-electron chi connectivity index (χ1n) is 27.4. The van der Waals surface area contributed by atoms with Crippen LogP contribution >= 0.6 is 21.6 Å². The quantitative estimate of drug-likeness (QED) is 0.00673. The molecule has 2 aromatic heterocycles. The number of primary amides is 1. The normalized spacial score (nSPS) is 19.6. The molecule has 1 aliphatic carbocycles. The van der Waals surface area contributed by atoms with Crippen molar-refractivity contribution in [1.82, 2.24) is 62.1 Å². The number of piperazine rings is 1. The van der Waals surface area contributed by atoms with Crippen LogP contribution in [0.25, 0.3) is 11.2 Å². The van der Waals surface area contributed by atoms with Crippen molar-refractivity contribution in [2.45, 2.75) is 100 Å². The molecule has 0 saturated carbocycles. The molecule has 0 unspecified atom stereocenters. The van der Waals surface area contributed by atoms with Gasteiger partial charge in [0.15, 0.2) is 22.8 Å². The summed E-state index contributed by atoms with van der Waals surface area (Å²) >= 11 is 0. The van der Waals surface area contributed by atoms with Crippen LogP contribution in [0.3, 0.4) is 0 Å². The number of carboxylic acids is 3. The third kappa shape index (κ3) is 17.1. The van der Waals surface area contributed by atoms with Gasteiger partial charge in [0, 0.05) is 79.7 Å². The number of nitrogen functional groups attached to an aromatic ring is 1. The lowest BCUT2D eigenvalue weighted by molar-refractivity contribution is -0.143. The zero-order valence-electron chi connectivity index (χ0n) is 47.7. The number of hydrogen-bond donors (Lipinski definition) is 16. The number of rotatable bonds is 34. The Morgan fingerprint density at radius 1 is 0.854 bits per heavy atom. The van der Waals surface area contributed by atoms with Crippen molar-refractivity contribution in [3.63, 3.8) is 0 Å². The van der Waals surface area contributed by atoms with Crippen LogP contribution in [0.2, 0.25) is 0 Å². The van der Waals surface area contributed by atoms with Gasteiger partial charge in [-0.1, -0.05) is 21.6 Å². The summed E-state index contributed by atoms with van der Waals surface area (Å²) in [5.74, 6) is -11.9. The van der Waals surface area contributed by atoms with Crippen LogP contribution in [0.1, 0.15) is 61.5 Å². The van der Waals surface area contributed by atoms with E-state index >= 15 is 0 Å². The van der Waals surface area contributed by atoms with E-state index in [1.54, 1.807) is 24.0 Å². The number of guanidine groups is 1. The number of nitrogens with two attached hydrogens (primary N) is 4. The SMILES string of the molecule is CO[C@@]12[C@H](COC(N)=O)C3=C(C(=O)C=C(NCCSSC[C@H](NC(=O)[C@H](CC(=O)O)NC(=O)[C@H](CCCN=C(N)N)NC(=O)[C@H](CC(=O)O)NC(=O)CC[C@@H](C)NC(=O)c4ccc(NCc5cnc6nc(N)[nH]c(=O)c6n5)cc4)C(=O)O)C3=O)N1C[C@@H]1N[C@@H]12. The minimum atomic E-state index is -1.94. The lowest BCUT2D eigenvalue weighted by Gasteiger charge is -2.39. The van der Waals surface area contributed by atoms with Crippen molar-refractivity contribution in [2.75, 3.05) is 55.9 Å². The first kappa shape index (κ1) is 66.9. The van der Waals surface area contributed by atoms with Gasteiger partial charge < -0.3 is 95.2 Å². The summed E-state index contributed by atoms with van der Waals surface area (Å²) in [6.07, 6.45) is -1.17. The van der Waals surface area contributed by atoms with Crippen molar-refractivity contribution in [2.24, 2.45) is 28.1 Å². The predicted octanol–water partition coefficient (Wildman–Crippen LogP) is -4.18. The summed E-state index contributed by atoms with van der Waals surface area (Å²) < 4.78 is 11.1. The first-order chi connectivity index (χ1) is 42.3. The minimum Gasteiger partial charge on any atom is -0.481 e. The number of Topliss-reactive ketones (excluding diaryl/α,β-unsaturated/α-hetero) is 1. The van der Waals surface area contributed by atoms with E-state index in [2.05, 4.69) is 67.5 Å². The Labute approximate surface area is 512 Å². The largest absolute Gasteiger partial charge is 0.481 e. The van der Waals surface area contributed by atoms with Gasteiger partial charge in [-0.25, -0.2) is 19.6 Å². The fraction of sp³-hybridized carbons (Fsp3) is 0.462. The molecule has 4 aliphatic rings. The van der Waals surface area contributed by atoms with Crippen LogP contribution in [0.15, 0.2) is 63.3 Å². The second kappa shape index (κ2) is 29.9. The zero-order chi connectivity index (χ0) is 64.9. The number of nitrogens with zero attached hydrogens (tertiary/aromatic N) is 5. The van der Waals surface area contributed by atoms with Crippen LogP contribution in [-0.4, -0.2) is 204 Å². The van der Waals surface area contributed by atoms with Crippen molar-refractivity contribution in [3.8, 4) is 0 Å². The molecule has 0 bridgehead atoms. The van der Waals surface area contributed by atoms with E-state index in [1.165, 1.54) is 25.4 Å². The Bertz CT molecular complexity index is 3440. The third-order valence-electron chi connectivity index (χ3n) is 14.4. The number of aliphatic carboxylic acids is 3. The number of H-pyrrole nitrogens is 1. The van der Waals surface area contributed by atoms with E-state index in [0.29, 0.717) is 17.9 Å². The highest BCUT2D eigenvalue weighted by atomic mass is 33.1. The Balaban J connectivity index is 0.885. The standard InChI is InChI=1S/C52H66N18O17S2/c1-22(61-43(78)23-6-8-24(9-7-23)59-17-25-18-60-42-38(62-25)47(82)69-50(55)68-42)5-10-34(72)63-29(15-35(73)74)45(80)65-27(4-3-11-58-49(53)54)44(79)66-30(16-36(75)76)46(81)67-32(48(83)84)21-89-88-13-12-57-28-14-33(71)39-37(40(28)77)26(20-87-51(56)85)52(86-2)41-31(64-41)19-70(39)52/h6-9,14,18,22,26-27,29-32,41,57,59,64H,3-5,10-13,15-17,19-21H2,1-2H3,(H2,56,85)(H,61,78)(H,63,72)(H,65,80)(H,66,79)(H,67,81)(H,73,74)(H,75,76)(H,83,84)(H4,53,54,58)(H3,55,60,68,69,82)/t22-,26-,27+,29+,30+,31+,32+,41+,52-/m1/s1. The number of ether oxygens (including phenoxy) is 2. The zero-order valence-corrected chi connectivity index (χ0v) is 49.3. The topological polar surface area (TPSA) is 564 Å². The molecule has 7 rings (SSSR count). The average molecular weight is 1280 g/mol. The van der Waals surface area contributed by atoms with Gasteiger partial charge in [-0.3, -0.25) is 57.9 Å². The Morgan fingerprint density at radius 2 is 1.52 bits per heavy atom. The predicted molar refractivity (Wildman–Crippen MR) is 316 cm³/mol. The van der Waals surface area contributed by atoms with E-state index < -0.39 is 125 Å². The van der Waals surface area contributed by atoms with Crippen LogP contribution < -0.4 is 71.0 Å². The summed E-state index contributed by atoms with van der Waals surface area (Å²) in [7, 11) is 3.52. The summed E-state index contributed by atoms with van der Waals surface area (Å²) in [6, 6.07) is -1.61. The lowest BCUT2D eigenvalue weighted by atomic mass is 9.84. The van der Waals surface area contributed by atoms with Gasteiger partial charge in [-0.05, 0) is 50.5 Å². The number of hydrogen-bond acceptors (Lipinski definition) is 25. The number of ketones is 2. The van der Waals surface area contributed by atoms with Crippen molar-refractivity contribution < 1.29 is 77.5 Å². The molecule has 478 valence electrons. The van der Waals surface area contributed by atoms with Crippen molar-refractivity contribution in [1.29, 1.82) is 0 Å². The summed E-state index contributed by atoms with van der Waals surface area (Å²) in [6.45, 7) is 1.79. The maximum Gasteiger partial charge on any atom is 0.404 e. The average Bonchev–Trinajstić information content (AvgIpc) is 1.51. The van der Waals surface area contributed by atoms with Crippen LogP contribution in [0.4, 0.5) is 16.4 Å². The third-order valence-corrected chi connectivity index (χ3v) is 16.8. The van der Waals surface area contributed by atoms with E-state index in [-0.39, 0.29) is 121 Å². The first-order valence-corrected chi connectivity index (χ1v) is 29.9. The number of aromatic nitrogens is 4. The molecule has 0 spiro atoms. The molecule has 3 aliphatic heterocycles. The molecule has 0 radical (unpaired) electrons. The number of carboxylic acid groups (broad SMARTS) is 3. The number of amides is 6. The number of fused-ring (bicyclic) bond motifs is 5. The van der Waals surface area contributed by atoms with E-state index in [1.807, 2.05) is 0 Å². The molecule has 35 nitrogen and oxygen atoms in total. The highest BCUT2D eigenvalue weighted by Gasteiger charge is 2.72. The molecule has 6 amide bonds. The summed E-state index contributed by atoms with van der Waals surface area (Å²) in [4.78, 5) is 175. The molecule has 20 N–H and O–H groups in total. The highest BCUT2D eigenvalue weighted by molar-refractivity contribution is 8.76. The number of methoxy groups -OCH3 is 1. The maximum atomic E-state index is 13.9. The van der Waals surface area contributed by atoms with Crippen LogP contribution in [0, 0.1) is 5.92 Å².